The van der Waals surface area contributed by atoms with Gasteiger partial charge in [0.15, 0.2) is 0 Å². The summed E-state index contributed by atoms with van der Waals surface area (Å²) in [6, 6.07) is 10.1. The Bertz CT molecular complexity index is 298. The second-order valence-electron chi connectivity index (χ2n) is 3.53. The van der Waals surface area contributed by atoms with Gasteiger partial charge in [0.05, 0.1) is 6.04 Å². The monoisotopic (exact) mass is 206 g/mol. The van der Waals surface area contributed by atoms with Crippen LogP contribution in [0, 0.1) is 0 Å². The number of likely N-dealkylation sites (N-methyl/N-ethyl adjacent to an activating group) is 1. The quantitative estimate of drug-likeness (QED) is 0.753. The van der Waals surface area contributed by atoms with Gasteiger partial charge in [0.25, 0.3) is 0 Å². The van der Waals surface area contributed by atoms with Gasteiger partial charge in [-0.05, 0) is 25.5 Å². The Hall–Kier alpha value is -1.35. The summed E-state index contributed by atoms with van der Waals surface area (Å²) in [5, 5.41) is 5.78. The third-order valence-corrected chi connectivity index (χ3v) is 2.35. The molecule has 0 saturated carbocycles. The van der Waals surface area contributed by atoms with Crippen molar-refractivity contribution in [3.63, 3.8) is 0 Å². The van der Waals surface area contributed by atoms with Crippen LogP contribution < -0.4 is 10.6 Å². The number of hydrogen-bond acceptors (Lipinski definition) is 2. The molecular weight excluding hydrogens is 188 g/mol. The van der Waals surface area contributed by atoms with Gasteiger partial charge in [0.1, 0.15) is 0 Å². The van der Waals surface area contributed by atoms with Crippen LogP contribution in [0.4, 0.5) is 0 Å². The van der Waals surface area contributed by atoms with E-state index in [1.165, 1.54) is 5.56 Å². The van der Waals surface area contributed by atoms with E-state index in [4.69, 9.17) is 0 Å². The number of nitrogens with one attached hydrogen (secondary N) is 2. The highest BCUT2D eigenvalue weighted by atomic mass is 16.2. The van der Waals surface area contributed by atoms with Crippen molar-refractivity contribution in [1.29, 1.82) is 0 Å². The smallest absolute Gasteiger partial charge is 0.236 e. The molecule has 0 aliphatic rings. The first-order valence-electron chi connectivity index (χ1n) is 5.23. The summed E-state index contributed by atoms with van der Waals surface area (Å²) >= 11 is 0. The average Bonchev–Trinajstić information content (AvgIpc) is 2.29. The number of carbonyl (C=O) groups excluding carboxylic acids is 1. The molecule has 0 aliphatic heterocycles. The maximum Gasteiger partial charge on any atom is 0.236 e. The first-order chi connectivity index (χ1) is 7.24. The zero-order valence-electron chi connectivity index (χ0n) is 9.29. The van der Waals surface area contributed by atoms with Gasteiger partial charge in [-0.15, -0.1) is 0 Å². The van der Waals surface area contributed by atoms with Crippen molar-refractivity contribution in [3.8, 4) is 0 Å². The summed E-state index contributed by atoms with van der Waals surface area (Å²) in [5.74, 6) is 0.0306. The maximum absolute atomic E-state index is 11.2. The van der Waals surface area contributed by atoms with Crippen molar-refractivity contribution in [2.24, 2.45) is 0 Å². The molecule has 0 radical (unpaired) electrons. The molecule has 2 N–H and O–H groups in total. The molecule has 0 spiro atoms. The standard InChI is InChI=1S/C12H18N2O/c1-10(12(15)13-2)14-9-8-11-6-4-3-5-7-11/h3-7,10,14H,8-9H2,1-2H3,(H,13,15). The van der Waals surface area contributed by atoms with Gasteiger partial charge < -0.3 is 10.6 Å². The van der Waals surface area contributed by atoms with Gasteiger partial charge in [0, 0.05) is 7.05 Å². The van der Waals surface area contributed by atoms with E-state index in [2.05, 4.69) is 22.8 Å². The third-order valence-electron chi connectivity index (χ3n) is 2.35. The first-order valence-corrected chi connectivity index (χ1v) is 5.23. The van der Waals surface area contributed by atoms with E-state index >= 15 is 0 Å². The van der Waals surface area contributed by atoms with Crippen LogP contribution in [0.5, 0.6) is 0 Å². The van der Waals surface area contributed by atoms with Crippen molar-refractivity contribution in [3.05, 3.63) is 35.9 Å². The first kappa shape index (κ1) is 11.7. The molecule has 0 fully saturated rings. The van der Waals surface area contributed by atoms with Crippen LogP contribution in [0.15, 0.2) is 30.3 Å². The van der Waals surface area contributed by atoms with Gasteiger partial charge in [0.2, 0.25) is 5.91 Å². The SMILES string of the molecule is CNC(=O)C(C)NCCc1ccccc1. The number of hydrogen-bond donors (Lipinski definition) is 2. The molecule has 82 valence electrons. The van der Waals surface area contributed by atoms with Crippen molar-refractivity contribution in [2.75, 3.05) is 13.6 Å². The van der Waals surface area contributed by atoms with Crippen molar-refractivity contribution in [1.82, 2.24) is 10.6 Å². The molecule has 0 saturated heterocycles. The Kier molecular flexibility index (Phi) is 4.84. The Morgan fingerprint density at radius 2 is 2.00 bits per heavy atom. The number of benzene rings is 1. The molecule has 0 bridgehead atoms. The molecule has 1 rings (SSSR count). The molecule has 1 atom stereocenters. The highest BCUT2D eigenvalue weighted by molar-refractivity contribution is 5.80. The molecule has 15 heavy (non-hydrogen) atoms. The van der Waals surface area contributed by atoms with Gasteiger partial charge in [-0.2, -0.15) is 0 Å². The van der Waals surface area contributed by atoms with Crippen molar-refractivity contribution < 1.29 is 4.79 Å². The lowest BCUT2D eigenvalue weighted by Crippen LogP contribution is -2.41. The van der Waals surface area contributed by atoms with E-state index < -0.39 is 0 Å². The minimum absolute atomic E-state index is 0.0306. The molecule has 0 aliphatic carbocycles. The van der Waals surface area contributed by atoms with Crippen LogP contribution in [0.3, 0.4) is 0 Å². The fraction of sp³-hybridized carbons (Fsp3) is 0.417. The van der Waals surface area contributed by atoms with Crippen LogP contribution in [0.25, 0.3) is 0 Å². The van der Waals surface area contributed by atoms with E-state index in [0.29, 0.717) is 0 Å². The fourth-order valence-electron chi connectivity index (χ4n) is 1.39. The zero-order valence-corrected chi connectivity index (χ0v) is 9.29. The van der Waals surface area contributed by atoms with Gasteiger partial charge in [-0.1, -0.05) is 30.3 Å². The van der Waals surface area contributed by atoms with Crippen LogP contribution in [0.2, 0.25) is 0 Å². The highest BCUT2D eigenvalue weighted by Gasteiger charge is 2.08. The van der Waals surface area contributed by atoms with E-state index in [9.17, 15) is 4.79 Å². The predicted octanol–water partition coefficient (Wildman–Crippen LogP) is 0.953. The summed E-state index contributed by atoms with van der Waals surface area (Å²) in [6.45, 7) is 2.68. The second kappa shape index (κ2) is 6.19. The lowest BCUT2D eigenvalue weighted by Gasteiger charge is -2.11. The van der Waals surface area contributed by atoms with Gasteiger partial charge >= 0.3 is 0 Å². The lowest BCUT2D eigenvalue weighted by atomic mass is 10.1. The summed E-state index contributed by atoms with van der Waals surface area (Å²) < 4.78 is 0. The summed E-state index contributed by atoms with van der Waals surface area (Å²) in [6.07, 6.45) is 0.947. The van der Waals surface area contributed by atoms with E-state index in [1.54, 1.807) is 7.05 Å². The maximum atomic E-state index is 11.2. The number of amides is 1. The molecule has 0 heterocycles. The molecule has 3 nitrogen and oxygen atoms in total. The Morgan fingerprint density at radius 1 is 1.33 bits per heavy atom. The van der Waals surface area contributed by atoms with Crippen molar-refractivity contribution in [2.45, 2.75) is 19.4 Å². The topological polar surface area (TPSA) is 41.1 Å². The Morgan fingerprint density at radius 3 is 2.60 bits per heavy atom. The molecule has 1 aromatic rings. The van der Waals surface area contributed by atoms with Crippen LogP contribution in [0.1, 0.15) is 12.5 Å². The third kappa shape index (κ3) is 4.13. The molecule has 1 amide bonds. The summed E-state index contributed by atoms with van der Waals surface area (Å²) in [4.78, 5) is 11.2. The van der Waals surface area contributed by atoms with E-state index in [1.807, 2.05) is 25.1 Å². The summed E-state index contributed by atoms with van der Waals surface area (Å²) in [5.41, 5.74) is 1.29. The normalized spacial score (nSPS) is 12.1. The predicted molar refractivity (Wildman–Crippen MR) is 61.7 cm³/mol. The molecule has 1 unspecified atom stereocenters. The van der Waals surface area contributed by atoms with Crippen LogP contribution in [-0.4, -0.2) is 25.5 Å². The minimum atomic E-state index is -0.126. The number of carbonyl (C=O) groups is 1. The van der Waals surface area contributed by atoms with Crippen LogP contribution >= 0.6 is 0 Å². The largest absolute Gasteiger partial charge is 0.358 e. The second-order valence-corrected chi connectivity index (χ2v) is 3.53. The Labute approximate surface area is 90.9 Å². The minimum Gasteiger partial charge on any atom is -0.358 e. The van der Waals surface area contributed by atoms with E-state index in [-0.39, 0.29) is 11.9 Å². The van der Waals surface area contributed by atoms with E-state index in [0.717, 1.165) is 13.0 Å². The highest BCUT2D eigenvalue weighted by Crippen LogP contribution is 1.98. The number of rotatable bonds is 5. The molecule has 0 aromatic heterocycles. The van der Waals surface area contributed by atoms with Gasteiger partial charge in [-0.25, -0.2) is 0 Å². The average molecular weight is 206 g/mol. The van der Waals surface area contributed by atoms with Crippen molar-refractivity contribution >= 4 is 5.91 Å². The Balaban J connectivity index is 2.25. The van der Waals surface area contributed by atoms with Crippen LogP contribution in [-0.2, 0) is 11.2 Å². The fourth-order valence-corrected chi connectivity index (χ4v) is 1.39. The molecule has 1 aromatic carbocycles. The summed E-state index contributed by atoms with van der Waals surface area (Å²) in [7, 11) is 1.65. The zero-order chi connectivity index (χ0) is 11.1. The van der Waals surface area contributed by atoms with Gasteiger partial charge in [-0.3, -0.25) is 4.79 Å². The molecule has 3 heteroatoms. The lowest BCUT2D eigenvalue weighted by molar-refractivity contribution is -0.122. The molecular formula is C12H18N2O.